The number of H-pyrrole nitrogens is 2. The Kier molecular flexibility index (Phi) is 3.64. The number of amides is 1. The Labute approximate surface area is 128 Å². The van der Waals surface area contributed by atoms with Crippen molar-refractivity contribution in [3.05, 3.63) is 33.4 Å². The van der Waals surface area contributed by atoms with Gasteiger partial charge < -0.3 is 10.4 Å². The van der Waals surface area contributed by atoms with Gasteiger partial charge in [0.15, 0.2) is 0 Å². The van der Waals surface area contributed by atoms with Gasteiger partial charge in [0.05, 0.1) is 18.7 Å². The molecule has 0 bridgehead atoms. The minimum atomic E-state index is -0.246. The van der Waals surface area contributed by atoms with Crippen molar-refractivity contribution in [2.75, 3.05) is 5.32 Å². The van der Waals surface area contributed by atoms with Crippen LogP contribution < -0.4 is 10.9 Å². The van der Waals surface area contributed by atoms with E-state index < -0.39 is 0 Å². The third-order valence-corrected chi connectivity index (χ3v) is 4.35. The first-order valence-electron chi connectivity index (χ1n) is 7.57. The van der Waals surface area contributed by atoms with Crippen LogP contribution in [-0.2, 0) is 11.2 Å². The average molecular weight is 303 g/mol. The molecule has 0 spiro atoms. The fraction of sp³-hybridized carbons (Fsp3) is 0.533. The highest BCUT2D eigenvalue weighted by molar-refractivity contribution is 5.92. The van der Waals surface area contributed by atoms with E-state index in [2.05, 4.69) is 27.5 Å². The molecule has 1 aliphatic carbocycles. The Morgan fingerprint density at radius 2 is 2.18 bits per heavy atom. The van der Waals surface area contributed by atoms with Gasteiger partial charge in [0, 0.05) is 16.8 Å². The van der Waals surface area contributed by atoms with Crippen LogP contribution >= 0.6 is 0 Å². The monoisotopic (exact) mass is 303 g/mol. The van der Waals surface area contributed by atoms with Crippen LogP contribution in [0.3, 0.4) is 0 Å². The van der Waals surface area contributed by atoms with Crippen molar-refractivity contribution >= 4 is 11.7 Å². The number of carbonyl (C=O) groups excluding carboxylic acids is 1. The highest BCUT2D eigenvalue weighted by atomic mass is 16.2. The highest BCUT2D eigenvalue weighted by Gasteiger charge is 2.31. The van der Waals surface area contributed by atoms with Gasteiger partial charge in [-0.3, -0.25) is 14.7 Å². The normalized spacial score (nSPS) is 15.8. The molecule has 1 unspecified atom stereocenters. The van der Waals surface area contributed by atoms with E-state index in [9.17, 15) is 9.59 Å². The molecule has 118 valence electrons. The van der Waals surface area contributed by atoms with Crippen molar-refractivity contribution < 1.29 is 4.79 Å². The summed E-state index contributed by atoms with van der Waals surface area (Å²) in [5, 5.41) is 12.5. The second-order valence-corrected chi connectivity index (χ2v) is 6.11. The maximum absolute atomic E-state index is 12.3. The van der Waals surface area contributed by atoms with Gasteiger partial charge in [0.2, 0.25) is 5.91 Å². The van der Waals surface area contributed by atoms with E-state index in [0.717, 1.165) is 11.4 Å². The number of aryl methyl sites for hydroxylation is 2. The summed E-state index contributed by atoms with van der Waals surface area (Å²) in [5.74, 6) is 1.17. The van der Waals surface area contributed by atoms with Crippen LogP contribution in [0.15, 0.2) is 11.0 Å². The first-order valence-corrected chi connectivity index (χ1v) is 7.57. The van der Waals surface area contributed by atoms with Crippen LogP contribution in [0.25, 0.3) is 0 Å². The molecule has 3 N–H and O–H groups in total. The molecule has 2 aromatic heterocycles. The summed E-state index contributed by atoms with van der Waals surface area (Å²) in [6.07, 6.45) is 4.24. The van der Waals surface area contributed by atoms with Crippen LogP contribution in [0, 0.1) is 19.8 Å². The zero-order valence-electron chi connectivity index (χ0n) is 13.1. The zero-order chi connectivity index (χ0) is 15.9. The quantitative estimate of drug-likeness (QED) is 0.784. The molecule has 0 saturated heterocycles. The van der Waals surface area contributed by atoms with E-state index in [0.29, 0.717) is 17.2 Å². The molecule has 2 aromatic rings. The lowest BCUT2D eigenvalue weighted by Gasteiger charge is -2.16. The van der Waals surface area contributed by atoms with Gasteiger partial charge in [-0.2, -0.15) is 5.10 Å². The van der Waals surface area contributed by atoms with Gasteiger partial charge in [-0.15, -0.1) is 0 Å². The Bertz CT molecular complexity index is 750. The summed E-state index contributed by atoms with van der Waals surface area (Å²) in [4.78, 5) is 23.9. The van der Waals surface area contributed by atoms with E-state index in [1.807, 2.05) is 11.6 Å². The Morgan fingerprint density at radius 3 is 2.77 bits per heavy atom. The summed E-state index contributed by atoms with van der Waals surface area (Å²) < 4.78 is 1.89. The molecule has 1 saturated carbocycles. The van der Waals surface area contributed by atoms with E-state index in [1.165, 1.54) is 12.8 Å². The van der Waals surface area contributed by atoms with Gasteiger partial charge in [0.1, 0.15) is 5.82 Å². The van der Waals surface area contributed by atoms with Gasteiger partial charge in [0.25, 0.3) is 5.56 Å². The maximum atomic E-state index is 12.3. The summed E-state index contributed by atoms with van der Waals surface area (Å²) >= 11 is 0. The molecule has 1 atom stereocenters. The lowest BCUT2D eigenvalue weighted by atomic mass is 10.2. The number of aromatic amines is 2. The lowest BCUT2D eigenvalue weighted by Crippen LogP contribution is -2.22. The molecular weight excluding hydrogens is 282 g/mol. The molecule has 7 nitrogen and oxygen atoms in total. The third-order valence-electron chi connectivity index (χ3n) is 4.35. The number of carbonyl (C=O) groups is 1. The van der Waals surface area contributed by atoms with Crippen molar-refractivity contribution in [2.45, 2.75) is 46.1 Å². The smallest absolute Gasteiger partial charge is 0.267 e. The molecule has 0 aromatic carbocycles. The molecule has 1 amide bonds. The number of anilines is 1. The molecular formula is C15H21N5O2. The molecule has 1 aliphatic rings. The second-order valence-electron chi connectivity index (χ2n) is 6.11. The fourth-order valence-corrected chi connectivity index (χ4v) is 2.71. The van der Waals surface area contributed by atoms with Gasteiger partial charge in [-0.1, -0.05) is 0 Å². The van der Waals surface area contributed by atoms with Gasteiger partial charge in [-0.25, -0.2) is 4.68 Å². The first-order chi connectivity index (χ1) is 10.5. The molecule has 22 heavy (non-hydrogen) atoms. The van der Waals surface area contributed by atoms with Crippen molar-refractivity contribution in [3.63, 3.8) is 0 Å². The Hall–Kier alpha value is -2.31. The number of rotatable bonds is 5. The number of hydrogen-bond donors (Lipinski definition) is 3. The Balaban J connectivity index is 1.77. The molecule has 0 radical (unpaired) electrons. The van der Waals surface area contributed by atoms with Crippen molar-refractivity contribution in [2.24, 2.45) is 5.92 Å². The number of nitrogens with zero attached hydrogens (tertiary/aromatic N) is 2. The zero-order valence-corrected chi connectivity index (χ0v) is 13.1. The first kappa shape index (κ1) is 14.6. The summed E-state index contributed by atoms with van der Waals surface area (Å²) in [6, 6.07) is 0.279. The second kappa shape index (κ2) is 5.47. The SMILES string of the molecule is Cc1cnn(C(C)C2CC2)c1NC(=O)Cc1c(C)[nH][nH]c1=O. The van der Waals surface area contributed by atoms with Crippen LogP contribution in [0.5, 0.6) is 0 Å². The minimum Gasteiger partial charge on any atom is -0.310 e. The van der Waals surface area contributed by atoms with Crippen LogP contribution in [-0.4, -0.2) is 25.9 Å². The molecule has 3 rings (SSSR count). The summed E-state index contributed by atoms with van der Waals surface area (Å²) in [6.45, 7) is 5.82. The lowest BCUT2D eigenvalue weighted by molar-refractivity contribution is -0.115. The molecule has 2 heterocycles. The minimum absolute atomic E-state index is 0.0487. The maximum Gasteiger partial charge on any atom is 0.267 e. The van der Waals surface area contributed by atoms with Crippen LogP contribution in [0.4, 0.5) is 5.82 Å². The third kappa shape index (κ3) is 2.70. The largest absolute Gasteiger partial charge is 0.310 e. The molecule has 1 fully saturated rings. The van der Waals surface area contributed by atoms with Crippen molar-refractivity contribution in [1.82, 2.24) is 20.0 Å². The average Bonchev–Trinajstić information content (AvgIpc) is 3.21. The molecule has 0 aliphatic heterocycles. The summed E-state index contributed by atoms with van der Waals surface area (Å²) in [7, 11) is 0. The van der Waals surface area contributed by atoms with Gasteiger partial charge >= 0.3 is 0 Å². The number of aromatic nitrogens is 4. The highest BCUT2D eigenvalue weighted by Crippen LogP contribution is 2.40. The van der Waals surface area contributed by atoms with E-state index in [4.69, 9.17) is 0 Å². The molecule has 7 heteroatoms. The fourth-order valence-electron chi connectivity index (χ4n) is 2.71. The van der Waals surface area contributed by atoms with E-state index >= 15 is 0 Å². The topological polar surface area (TPSA) is 95.6 Å². The predicted octanol–water partition coefficient (Wildman–Crippen LogP) is 1.67. The standard InChI is InChI=1S/C15H21N5O2/c1-8-7-16-20(10(3)11-4-5-11)14(8)17-13(21)6-12-9(2)18-19-15(12)22/h7,10-11H,4-6H2,1-3H3,(H,17,21)(H2,18,19,22). The van der Waals surface area contributed by atoms with Crippen LogP contribution in [0.1, 0.15) is 42.6 Å². The van der Waals surface area contributed by atoms with Gasteiger partial charge in [-0.05, 0) is 39.5 Å². The number of hydrogen-bond acceptors (Lipinski definition) is 3. The van der Waals surface area contributed by atoms with Crippen LogP contribution in [0.2, 0.25) is 0 Å². The number of nitrogens with one attached hydrogen (secondary N) is 3. The van der Waals surface area contributed by atoms with E-state index in [-0.39, 0.29) is 23.9 Å². The van der Waals surface area contributed by atoms with Crippen molar-refractivity contribution in [3.8, 4) is 0 Å². The van der Waals surface area contributed by atoms with E-state index in [1.54, 1.807) is 13.1 Å². The Morgan fingerprint density at radius 1 is 1.45 bits per heavy atom. The van der Waals surface area contributed by atoms with Crippen molar-refractivity contribution in [1.29, 1.82) is 0 Å². The summed E-state index contributed by atoms with van der Waals surface area (Å²) in [5.41, 5.74) is 1.85. The predicted molar refractivity (Wildman–Crippen MR) is 82.9 cm³/mol.